The molecule has 3 rings (SSSR count). The third-order valence-electron chi connectivity index (χ3n) is 7.33. The Morgan fingerprint density at radius 2 is 1.35 bits per heavy atom. The molecular weight excluding hydrogens is 316 g/mol. The molecule has 0 N–H and O–H groups in total. The normalized spacial score (nSPS) is 29.6. The summed E-state index contributed by atoms with van der Waals surface area (Å²) >= 11 is 0. The number of hydrogen-bond donors (Lipinski definition) is 0. The Balaban J connectivity index is 1.38. The van der Waals surface area contributed by atoms with Crippen LogP contribution in [0.1, 0.15) is 115 Å². The highest BCUT2D eigenvalue weighted by Gasteiger charge is 2.23. The van der Waals surface area contributed by atoms with Gasteiger partial charge in [0.25, 0.3) is 0 Å². The first-order valence-electron chi connectivity index (χ1n) is 11.6. The van der Waals surface area contributed by atoms with E-state index in [2.05, 4.69) is 26.2 Å². The van der Waals surface area contributed by atoms with Gasteiger partial charge in [0.15, 0.2) is 0 Å². The summed E-state index contributed by atoms with van der Waals surface area (Å²) in [5, 5.41) is 0. The van der Waals surface area contributed by atoms with Crippen LogP contribution in [0, 0.1) is 17.8 Å². The molecule has 2 aliphatic rings. The number of unbranched alkanes of at least 4 members (excludes halogenated alkanes) is 1. The van der Waals surface area contributed by atoms with Crippen LogP contribution in [-0.4, -0.2) is 9.97 Å². The second kappa shape index (κ2) is 10.4. The number of rotatable bonds is 8. The first-order valence-corrected chi connectivity index (χ1v) is 11.6. The zero-order chi connectivity index (χ0) is 18.2. The van der Waals surface area contributed by atoms with E-state index in [1.54, 1.807) is 0 Å². The molecule has 1 aromatic heterocycles. The van der Waals surface area contributed by atoms with E-state index in [4.69, 9.17) is 9.97 Å². The SMILES string of the molecule is CCCC[C@H]1CC[C@H](CCc2ncc([C@H]3CC[C@H](CC)CC3)cn2)CC1. The van der Waals surface area contributed by atoms with Crippen molar-refractivity contribution < 1.29 is 0 Å². The molecule has 2 saturated carbocycles. The van der Waals surface area contributed by atoms with Gasteiger partial charge in [-0.3, -0.25) is 0 Å². The van der Waals surface area contributed by atoms with Crippen LogP contribution in [-0.2, 0) is 6.42 Å². The minimum Gasteiger partial charge on any atom is -0.241 e. The van der Waals surface area contributed by atoms with E-state index in [0.29, 0.717) is 5.92 Å². The zero-order valence-corrected chi connectivity index (χ0v) is 17.3. The van der Waals surface area contributed by atoms with E-state index in [1.165, 1.54) is 89.0 Å². The lowest BCUT2D eigenvalue weighted by Crippen LogP contribution is -2.16. The quantitative estimate of drug-likeness (QED) is 0.497. The summed E-state index contributed by atoms with van der Waals surface area (Å²) < 4.78 is 0. The Hall–Kier alpha value is -0.920. The molecule has 0 spiro atoms. The molecule has 0 radical (unpaired) electrons. The van der Waals surface area contributed by atoms with Crippen molar-refractivity contribution in [2.24, 2.45) is 17.8 Å². The predicted molar refractivity (Wildman–Crippen MR) is 110 cm³/mol. The second-order valence-electron chi connectivity index (χ2n) is 9.13. The van der Waals surface area contributed by atoms with Crippen molar-refractivity contribution in [3.05, 3.63) is 23.8 Å². The fourth-order valence-corrected chi connectivity index (χ4v) is 5.24. The van der Waals surface area contributed by atoms with E-state index >= 15 is 0 Å². The molecule has 146 valence electrons. The van der Waals surface area contributed by atoms with Crippen LogP contribution in [0.3, 0.4) is 0 Å². The van der Waals surface area contributed by atoms with E-state index in [-0.39, 0.29) is 0 Å². The fourth-order valence-electron chi connectivity index (χ4n) is 5.24. The first-order chi connectivity index (χ1) is 12.8. The smallest absolute Gasteiger partial charge is 0.128 e. The van der Waals surface area contributed by atoms with Gasteiger partial charge in [-0.15, -0.1) is 0 Å². The molecule has 0 bridgehead atoms. The van der Waals surface area contributed by atoms with Gasteiger partial charge in [0.2, 0.25) is 0 Å². The monoisotopic (exact) mass is 356 g/mol. The van der Waals surface area contributed by atoms with Gasteiger partial charge in [-0.2, -0.15) is 0 Å². The summed E-state index contributed by atoms with van der Waals surface area (Å²) in [6.45, 7) is 4.65. The van der Waals surface area contributed by atoms with E-state index in [0.717, 1.165) is 30.0 Å². The van der Waals surface area contributed by atoms with Crippen molar-refractivity contribution >= 4 is 0 Å². The predicted octanol–water partition coefficient (Wildman–Crippen LogP) is 7.09. The van der Waals surface area contributed by atoms with Gasteiger partial charge in [-0.05, 0) is 61.3 Å². The molecule has 2 aliphatic carbocycles. The maximum absolute atomic E-state index is 4.72. The molecule has 0 unspecified atom stereocenters. The molecule has 0 amide bonds. The van der Waals surface area contributed by atoms with Crippen LogP contribution < -0.4 is 0 Å². The van der Waals surface area contributed by atoms with Gasteiger partial charge >= 0.3 is 0 Å². The van der Waals surface area contributed by atoms with Gasteiger partial charge < -0.3 is 0 Å². The highest BCUT2D eigenvalue weighted by atomic mass is 14.9. The lowest BCUT2D eigenvalue weighted by molar-refractivity contribution is 0.249. The maximum atomic E-state index is 4.72. The van der Waals surface area contributed by atoms with Crippen LogP contribution >= 0.6 is 0 Å². The van der Waals surface area contributed by atoms with Gasteiger partial charge in [0, 0.05) is 18.8 Å². The third kappa shape index (κ3) is 5.79. The molecule has 0 aliphatic heterocycles. The van der Waals surface area contributed by atoms with E-state index in [1.807, 2.05) is 0 Å². The second-order valence-corrected chi connectivity index (χ2v) is 9.13. The summed E-state index contributed by atoms with van der Waals surface area (Å²) in [6, 6.07) is 0. The van der Waals surface area contributed by atoms with Gasteiger partial charge in [-0.1, -0.05) is 65.2 Å². The minimum atomic E-state index is 0.713. The Morgan fingerprint density at radius 3 is 1.92 bits per heavy atom. The van der Waals surface area contributed by atoms with Gasteiger partial charge in [0.1, 0.15) is 5.82 Å². The molecule has 2 nitrogen and oxygen atoms in total. The fraction of sp³-hybridized carbons (Fsp3) is 0.833. The lowest BCUT2D eigenvalue weighted by Gasteiger charge is -2.28. The van der Waals surface area contributed by atoms with Crippen molar-refractivity contribution in [3.63, 3.8) is 0 Å². The summed E-state index contributed by atoms with van der Waals surface area (Å²) in [5.74, 6) is 4.68. The molecule has 1 aromatic rings. The molecule has 1 heterocycles. The van der Waals surface area contributed by atoms with Crippen molar-refractivity contribution in [1.82, 2.24) is 9.97 Å². The highest BCUT2D eigenvalue weighted by molar-refractivity contribution is 5.12. The van der Waals surface area contributed by atoms with Gasteiger partial charge in [0.05, 0.1) is 0 Å². The largest absolute Gasteiger partial charge is 0.241 e. The average molecular weight is 357 g/mol. The van der Waals surface area contributed by atoms with Crippen molar-refractivity contribution in [1.29, 1.82) is 0 Å². The standard InChI is InChI=1S/C24H40N2/c1-3-5-6-20-7-9-21(10-8-20)13-16-24-25-17-23(18-26-24)22-14-11-19(4-2)12-15-22/h17-22H,3-16H2,1-2H3/t19-,20-,21-,22-. The van der Waals surface area contributed by atoms with Gasteiger partial charge in [-0.25, -0.2) is 9.97 Å². The molecule has 2 fully saturated rings. The van der Waals surface area contributed by atoms with Crippen molar-refractivity contribution in [2.75, 3.05) is 0 Å². The average Bonchev–Trinajstić information content (AvgIpc) is 2.72. The summed E-state index contributed by atoms with van der Waals surface area (Å²) in [7, 11) is 0. The molecule has 0 aromatic carbocycles. The molecule has 0 saturated heterocycles. The summed E-state index contributed by atoms with van der Waals surface area (Å²) in [6.07, 6.45) is 23.5. The van der Waals surface area contributed by atoms with Crippen molar-refractivity contribution in [3.8, 4) is 0 Å². The first kappa shape index (κ1) is 19.8. The summed E-state index contributed by atoms with van der Waals surface area (Å²) in [5.41, 5.74) is 1.39. The Labute approximate surface area is 161 Å². The Morgan fingerprint density at radius 1 is 0.769 bits per heavy atom. The molecule has 0 atom stereocenters. The topological polar surface area (TPSA) is 25.8 Å². The van der Waals surface area contributed by atoms with E-state index < -0.39 is 0 Å². The minimum absolute atomic E-state index is 0.713. The Bertz CT molecular complexity index is 493. The van der Waals surface area contributed by atoms with Crippen LogP contribution in [0.4, 0.5) is 0 Å². The van der Waals surface area contributed by atoms with E-state index in [9.17, 15) is 0 Å². The summed E-state index contributed by atoms with van der Waals surface area (Å²) in [4.78, 5) is 9.44. The maximum Gasteiger partial charge on any atom is 0.128 e. The van der Waals surface area contributed by atoms with Crippen LogP contribution in [0.25, 0.3) is 0 Å². The molecular formula is C24H40N2. The zero-order valence-electron chi connectivity index (χ0n) is 17.3. The number of nitrogens with zero attached hydrogens (tertiary/aromatic N) is 2. The highest BCUT2D eigenvalue weighted by Crippen LogP contribution is 2.37. The molecule has 2 heteroatoms. The Kier molecular flexibility index (Phi) is 7.95. The third-order valence-corrected chi connectivity index (χ3v) is 7.33. The van der Waals surface area contributed by atoms with Crippen LogP contribution in [0.5, 0.6) is 0 Å². The molecule has 26 heavy (non-hydrogen) atoms. The number of aromatic nitrogens is 2. The van der Waals surface area contributed by atoms with Crippen LogP contribution in [0.2, 0.25) is 0 Å². The number of hydrogen-bond acceptors (Lipinski definition) is 2. The number of aryl methyl sites for hydroxylation is 1. The lowest BCUT2D eigenvalue weighted by atomic mass is 9.78. The van der Waals surface area contributed by atoms with Crippen molar-refractivity contribution in [2.45, 2.75) is 110 Å². The van der Waals surface area contributed by atoms with Crippen LogP contribution in [0.15, 0.2) is 12.4 Å².